The number of benzene rings is 2. The number of methoxy groups -OCH3 is 2. The van der Waals surface area contributed by atoms with Crippen molar-refractivity contribution in [3.05, 3.63) is 53.1 Å². The number of nitrogens with one attached hydrogen (secondary N) is 1. The molecule has 0 bridgehead atoms. The molecule has 4 rings (SSSR count). The molecule has 0 amide bonds. The van der Waals surface area contributed by atoms with Gasteiger partial charge in [-0.25, -0.2) is 4.68 Å². The number of aryl methyl sites for hydroxylation is 1. The second kappa shape index (κ2) is 7.58. The van der Waals surface area contributed by atoms with E-state index in [4.69, 9.17) is 14.6 Å². The number of anilines is 1. The van der Waals surface area contributed by atoms with E-state index in [2.05, 4.69) is 42.0 Å². The molecule has 1 aliphatic heterocycles. The first-order chi connectivity index (χ1) is 13.6. The fourth-order valence-electron chi connectivity index (χ4n) is 3.82. The van der Waals surface area contributed by atoms with Gasteiger partial charge in [-0.3, -0.25) is 0 Å². The molecule has 0 saturated carbocycles. The topological polar surface area (TPSA) is 48.3 Å². The van der Waals surface area contributed by atoms with Crippen LogP contribution in [-0.2, 0) is 6.42 Å². The van der Waals surface area contributed by atoms with Crippen molar-refractivity contribution in [2.45, 2.75) is 33.1 Å². The van der Waals surface area contributed by atoms with E-state index >= 15 is 0 Å². The van der Waals surface area contributed by atoms with Crippen LogP contribution in [0.25, 0.3) is 16.9 Å². The van der Waals surface area contributed by atoms with Crippen LogP contribution in [0.2, 0.25) is 0 Å². The van der Waals surface area contributed by atoms with Crippen molar-refractivity contribution >= 4 is 5.82 Å². The number of nitrogens with zero attached hydrogens (tertiary/aromatic N) is 2. The lowest BCUT2D eigenvalue weighted by molar-refractivity contribution is 0.394. The van der Waals surface area contributed by atoms with Crippen molar-refractivity contribution in [1.29, 1.82) is 0 Å². The predicted octanol–water partition coefficient (Wildman–Crippen LogP) is 4.92. The Morgan fingerprint density at radius 2 is 1.75 bits per heavy atom. The lowest BCUT2D eigenvalue weighted by Gasteiger charge is -2.13. The second-order valence-corrected chi connectivity index (χ2v) is 7.29. The molecule has 28 heavy (non-hydrogen) atoms. The molecule has 1 N–H and O–H groups in total. The third-order valence-corrected chi connectivity index (χ3v) is 5.56. The molecule has 0 aliphatic carbocycles. The largest absolute Gasteiger partial charge is 0.497 e. The molecule has 0 radical (unpaired) electrons. The molecule has 0 saturated heterocycles. The number of hydrogen-bond donors (Lipinski definition) is 1. The monoisotopic (exact) mass is 377 g/mol. The normalized spacial score (nSPS) is 13.4. The minimum atomic E-state index is 0.769. The zero-order valence-electron chi connectivity index (χ0n) is 17.0. The molecule has 3 aromatic rings. The molecule has 2 aromatic carbocycles. The zero-order valence-corrected chi connectivity index (χ0v) is 17.0. The SMILES string of the molecule is COc1cc(OC)cc(-c2nn(-c3cccc(C)c3C)c3c2CCCCN3)c1. The van der Waals surface area contributed by atoms with Crippen molar-refractivity contribution < 1.29 is 9.47 Å². The van der Waals surface area contributed by atoms with Crippen LogP contribution in [0.15, 0.2) is 36.4 Å². The van der Waals surface area contributed by atoms with Crippen molar-refractivity contribution in [2.24, 2.45) is 0 Å². The van der Waals surface area contributed by atoms with Gasteiger partial charge in [0.15, 0.2) is 0 Å². The highest BCUT2D eigenvalue weighted by Gasteiger charge is 2.23. The van der Waals surface area contributed by atoms with Crippen molar-refractivity contribution in [3.8, 4) is 28.4 Å². The lowest BCUT2D eigenvalue weighted by atomic mass is 10.0. The highest BCUT2D eigenvalue weighted by atomic mass is 16.5. The van der Waals surface area contributed by atoms with E-state index in [1.807, 2.05) is 18.2 Å². The number of ether oxygens (including phenoxy) is 2. The molecule has 146 valence electrons. The summed E-state index contributed by atoms with van der Waals surface area (Å²) in [5.74, 6) is 2.64. The highest BCUT2D eigenvalue weighted by Crippen LogP contribution is 2.37. The summed E-state index contributed by atoms with van der Waals surface area (Å²) >= 11 is 0. The Morgan fingerprint density at radius 3 is 2.46 bits per heavy atom. The first-order valence-corrected chi connectivity index (χ1v) is 9.78. The summed E-state index contributed by atoms with van der Waals surface area (Å²) in [6.45, 7) is 5.26. The Kier molecular flexibility index (Phi) is 4.99. The van der Waals surface area contributed by atoms with E-state index in [0.717, 1.165) is 60.1 Å². The van der Waals surface area contributed by atoms with Gasteiger partial charge in [0.25, 0.3) is 0 Å². The van der Waals surface area contributed by atoms with Crippen LogP contribution in [0.5, 0.6) is 11.5 Å². The Morgan fingerprint density at radius 1 is 1.00 bits per heavy atom. The quantitative estimate of drug-likeness (QED) is 0.701. The predicted molar refractivity (Wildman–Crippen MR) is 113 cm³/mol. The Balaban J connectivity index is 1.94. The minimum absolute atomic E-state index is 0.769. The number of rotatable bonds is 4. The standard InChI is InChI=1S/C23H27N3O2/c1-15-8-7-10-21(16(15)2)26-23-20(9-5-6-11-24-23)22(25-26)17-12-18(27-3)14-19(13-17)28-4/h7-8,10,12-14,24H,5-6,9,11H2,1-4H3. The summed E-state index contributed by atoms with van der Waals surface area (Å²) in [7, 11) is 3.35. The van der Waals surface area contributed by atoms with Crippen molar-refractivity contribution in [3.63, 3.8) is 0 Å². The molecule has 5 heteroatoms. The minimum Gasteiger partial charge on any atom is -0.497 e. The number of aromatic nitrogens is 2. The second-order valence-electron chi connectivity index (χ2n) is 7.29. The lowest BCUT2D eigenvalue weighted by Crippen LogP contribution is -2.08. The van der Waals surface area contributed by atoms with Gasteiger partial charge in [-0.05, 0) is 62.4 Å². The number of hydrogen-bond acceptors (Lipinski definition) is 4. The maximum Gasteiger partial charge on any atom is 0.133 e. The van der Waals surface area contributed by atoms with E-state index in [9.17, 15) is 0 Å². The molecule has 2 heterocycles. The average Bonchev–Trinajstić information content (AvgIpc) is 2.90. The van der Waals surface area contributed by atoms with Crippen LogP contribution in [0, 0.1) is 13.8 Å². The molecular formula is C23H27N3O2. The van der Waals surface area contributed by atoms with E-state index in [0.29, 0.717) is 0 Å². The van der Waals surface area contributed by atoms with Crippen LogP contribution < -0.4 is 14.8 Å². The molecular weight excluding hydrogens is 350 g/mol. The Bertz CT molecular complexity index is 985. The highest BCUT2D eigenvalue weighted by molar-refractivity contribution is 5.73. The van der Waals surface area contributed by atoms with Crippen LogP contribution in [0.3, 0.4) is 0 Å². The van der Waals surface area contributed by atoms with Crippen LogP contribution in [0.4, 0.5) is 5.82 Å². The van der Waals surface area contributed by atoms with Gasteiger partial charge in [0, 0.05) is 23.7 Å². The van der Waals surface area contributed by atoms with Gasteiger partial charge in [0.05, 0.1) is 25.6 Å². The van der Waals surface area contributed by atoms with E-state index in [1.165, 1.54) is 16.7 Å². The van der Waals surface area contributed by atoms with Gasteiger partial charge in [-0.2, -0.15) is 5.10 Å². The summed E-state index contributed by atoms with van der Waals surface area (Å²) in [4.78, 5) is 0. The van der Waals surface area contributed by atoms with Gasteiger partial charge in [-0.1, -0.05) is 12.1 Å². The first kappa shape index (κ1) is 18.4. The molecule has 0 spiro atoms. The van der Waals surface area contributed by atoms with Gasteiger partial charge >= 0.3 is 0 Å². The zero-order chi connectivity index (χ0) is 19.7. The molecule has 0 unspecified atom stereocenters. The van der Waals surface area contributed by atoms with Gasteiger partial charge in [0.1, 0.15) is 17.3 Å². The van der Waals surface area contributed by atoms with E-state index in [-0.39, 0.29) is 0 Å². The van der Waals surface area contributed by atoms with E-state index < -0.39 is 0 Å². The van der Waals surface area contributed by atoms with Crippen LogP contribution in [0.1, 0.15) is 29.5 Å². The third kappa shape index (κ3) is 3.21. The van der Waals surface area contributed by atoms with Crippen molar-refractivity contribution in [1.82, 2.24) is 9.78 Å². The molecule has 5 nitrogen and oxygen atoms in total. The van der Waals surface area contributed by atoms with Crippen LogP contribution >= 0.6 is 0 Å². The summed E-state index contributed by atoms with van der Waals surface area (Å²) < 4.78 is 13.0. The molecule has 1 aromatic heterocycles. The van der Waals surface area contributed by atoms with E-state index in [1.54, 1.807) is 14.2 Å². The summed E-state index contributed by atoms with van der Waals surface area (Å²) in [6, 6.07) is 12.3. The maximum absolute atomic E-state index is 5.48. The summed E-state index contributed by atoms with van der Waals surface area (Å²) in [6.07, 6.45) is 3.30. The fraction of sp³-hybridized carbons (Fsp3) is 0.348. The van der Waals surface area contributed by atoms with Crippen molar-refractivity contribution in [2.75, 3.05) is 26.1 Å². The maximum atomic E-state index is 5.48. The first-order valence-electron chi connectivity index (χ1n) is 9.78. The van der Waals surface area contributed by atoms with Crippen LogP contribution in [-0.4, -0.2) is 30.5 Å². The molecule has 0 atom stereocenters. The third-order valence-electron chi connectivity index (χ3n) is 5.56. The Hall–Kier alpha value is -2.95. The molecule has 1 aliphatic rings. The fourth-order valence-corrected chi connectivity index (χ4v) is 3.82. The van der Waals surface area contributed by atoms with Gasteiger partial charge in [-0.15, -0.1) is 0 Å². The number of fused-ring (bicyclic) bond motifs is 1. The van der Waals surface area contributed by atoms with Gasteiger partial charge < -0.3 is 14.8 Å². The molecule has 0 fully saturated rings. The van der Waals surface area contributed by atoms with Gasteiger partial charge in [0.2, 0.25) is 0 Å². The Labute approximate surface area is 166 Å². The average molecular weight is 377 g/mol. The summed E-state index contributed by atoms with van der Waals surface area (Å²) in [5.41, 5.74) is 6.89. The smallest absolute Gasteiger partial charge is 0.133 e. The summed E-state index contributed by atoms with van der Waals surface area (Å²) in [5, 5.41) is 8.69.